The van der Waals surface area contributed by atoms with Gasteiger partial charge in [0.25, 0.3) is 0 Å². The molecule has 0 aliphatic carbocycles. The van der Waals surface area contributed by atoms with Crippen LogP contribution in [0.2, 0.25) is 0 Å². The van der Waals surface area contributed by atoms with Crippen molar-refractivity contribution in [1.29, 1.82) is 0 Å². The molecule has 2 rings (SSSR count). The molecule has 0 bridgehead atoms. The number of hydrogen-bond donors (Lipinski definition) is 3. The first-order valence-electron chi connectivity index (χ1n) is 6.58. The maximum Gasteiger partial charge on any atom is 0.0431 e. The van der Waals surface area contributed by atoms with Crippen LogP contribution in [0.3, 0.4) is 0 Å². The second kappa shape index (κ2) is 6.62. The average Bonchev–Trinajstić information content (AvgIpc) is 2.82. The highest BCUT2D eigenvalue weighted by molar-refractivity contribution is 5.61. The molecule has 0 fully saturated rings. The normalized spacial score (nSPS) is 13.5. The van der Waals surface area contributed by atoms with Crippen LogP contribution in [-0.4, -0.2) is 24.8 Å². The zero-order valence-electron chi connectivity index (χ0n) is 10.3. The zero-order chi connectivity index (χ0) is 11.9. The van der Waals surface area contributed by atoms with Crippen molar-refractivity contribution in [2.24, 2.45) is 0 Å². The average molecular weight is 234 g/mol. The van der Waals surface area contributed by atoms with Crippen LogP contribution in [0.25, 0.3) is 0 Å². The second-order valence-corrected chi connectivity index (χ2v) is 4.59. The Kier molecular flexibility index (Phi) is 4.83. The standard InChI is InChI=1S/C14H22N2O/c17-10-3-1-2-8-15-11-13-6-4-5-12-7-9-16-14(12)13/h4-6,15-17H,1-3,7-11H2. The van der Waals surface area contributed by atoms with Gasteiger partial charge in [-0.05, 0) is 43.4 Å². The van der Waals surface area contributed by atoms with E-state index in [-0.39, 0.29) is 0 Å². The van der Waals surface area contributed by atoms with E-state index >= 15 is 0 Å². The molecule has 0 atom stereocenters. The SMILES string of the molecule is OCCCCCNCc1cccc2c1NCC2. The fourth-order valence-electron chi connectivity index (χ4n) is 2.32. The highest BCUT2D eigenvalue weighted by Crippen LogP contribution is 2.26. The number of para-hydroxylation sites is 1. The molecule has 3 nitrogen and oxygen atoms in total. The Morgan fingerprint density at radius 2 is 2.18 bits per heavy atom. The van der Waals surface area contributed by atoms with Gasteiger partial charge in [-0.15, -0.1) is 0 Å². The summed E-state index contributed by atoms with van der Waals surface area (Å²) in [6, 6.07) is 6.55. The number of anilines is 1. The number of fused-ring (bicyclic) bond motifs is 1. The van der Waals surface area contributed by atoms with Gasteiger partial charge in [-0.1, -0.05) is 18.2 Å². The first-order valence-corrected chi connectivity index (χ1v) is 6.58. The van der Waals surface area contributed by atoms with Gasteiger partial charge in [-0.3, -0.25) is 0 Å². The minimum atomic E-state index is 0.316. The molecule has 1 heterocycles. The molecule has 0 radical (unpaired) electrons. The Morgan fingerprint density at radius 1 is 1.24 bits per heavy atom. The predicted molar refractivity (Wildman–Crippen MR) is 71.3 cm³/mol. The van der Waals surface area contributed by atoms with Gasteiger partial charge in [0.15, 0.2) is 0 Å². The number of benzene rings is 1. The van der Waals surface area contributed by atoms with Crippen LogP contribution in [0.4, 0.5) is 5.69 Å². The summed E-state index contributed by atoms with van der Waals surface area (Å²) >= 11 is 0. The van der Waals surface area contributed by atoms with Crippen molar-refractivity contribution in [3.8, 4) is 0 Å². The summed E-state index contributed by atoms with van der Waals surface area (Å²) in [7, 11) is 0. The molecular formula is C14H22N2O. The Bertz CT molecular complexity index is 352. The Morgan fingerprint density at radius 3 is 3.06 bits per heavy atom. The van der Waals surface area contributed by atoms with Crippen LogP contribution in [-0.2, 0) is 13.0 Å². The van der Waals surface area contributed by atoms with E-state index < -0.39 is 0 Å². The van der Waals surface area contributed by atoms with E-state index in [4.69, 9.17) is 5.11 Å². The molecule has 1 aliphatic heterocycles. The Balaban J connectivity index is 1.74. The van der Waals surface area contributed by atoms with Crippen LogP contribution < -0.4 is 10.6 Å². The van der Waals surface area contributed by atoms with Gasteiger partial charge in [0.1, 0.15) is 0 Å². The molecule has 0 saturated carbocycles. The smallest absolute Gasteiger partial charge is 0.0431 e. The first kappa shape index (κ1) is 12.4. The van der Waals surface area contributed by atoms with E-state index in [0.29, 0.717) is 6.61 Å². The monoisotopic (exact) mass is 234 g/mol. The Hall–Kier alpha value is -1.06. The number of aliphatic hydroxyl groups is 1. The van der Waals surface area contributed by atoms with Crippen LogP contribution in [0.1, 0.15) is 30.4 Å². The van der Waals surface area contributed by atoms with Crippen molar-refractivity contribution in [3.63, 3.8) is 0 Å². The maximum absolute atomic E-state index is 8.68. The number of unbranched alkanes of at least 4 members (excludes halogenated alkanes) is 2. The summed E-state index contributed by atoms with van der Waals surface area (Å²) in [5, 5.41) is 15.6. The molecule has 17 heavy (non-hydrogen) atoms. The van der Waals surface area contributed by atoms with Crippen molar-refractivity contribution in [2.45, 2.75) is 32.2 Å². The summed E-state index contributed by atoms with van der Waals surface area (Å²) < 4.78 is 0. The van der Waals surface area contributed by atoms with Crippen molar-refractivity contribution in [1.82, 2.24) is 5.32 Å². The third-order valence-electron chi connectivity index (χ3n) is 3.26. The van der Waals surface area contributed by atoms with E-state index in [1.54, 1.807) is 0 Å². The molecule has 0 aromatic heterocycles. The lowest BCUT2D eigenvalue weighted by Gasteiger charge is -2.10. The summed E-state index contributed by atoms with van der Waals surface area (Å²) in [6.45, 7) is 3.36. The van der Waals surface area contributed by atoms with Crippen LogP contribution in [0, 0.1) is 0 Å². The molecular weight excluding hydrogens is 212 g/mol. The van der Waals surface area contributed by atoms with Crippen LogP contribution >= 0.6 is 0 Å². The van der Waals surface area contributed by atoms with Crippen molar-refractivity contribution in [3.05, 3.63) is 29.3 Å². The molecule has 1 aromatic rings. The lowest BCUT2D eigenvalue weighted by atomic mass is 10.1. The number of aliphatic hydroxyl groups excluding tert-OH is 1. The van der Waals surface area contributed by atoms with Gasteiger partial charge >= 0.3 is 0 Å². The summed E-state index contributed by atoms with van der Waals surface area (Å²) in [5.41, 5.74) is 4.17. The number of rotatable bonds is 7. The van der Waals surface area contributed by atoms with Crippen molar-refractivity contribution in [2.75, 3.05) is 25.0 Å². The molecule has 1 aliphatic rings. The summed E-state index contributed by atoms with van der Waals surface area (Å²) in [5.74, 6) is 0. The first-order chi connectivity index (χ1) is 8.42. The van der Waals surface area contributed by atoms with Gasteiger partial charge in [-0.2, -0.15) is 0 Å². The van der Waals surface area contributed by atoms with E-state index in [1.807, 2.05) is 0 Å². The fraction of sp³-hybridized carbons (Fsp3) is 0.571. The van der Waals surface area contributed by atoms with Crippen molar-refractivity contribution >= 4 is 5.69 Å². The molecule has 0 amide bonds. The minimum absolute atomic E-state index is 0.316. The zero-order valence-corrected chi connectivity index (χ0v) is 10.3. The van der Waals surface area contributed by atoms with E-state index in [2.05, 4.69) is 28.8 Å². The van der Waals surface area contributed by atoms with E-state index in [1.165, 1.54) is 16.8 Å². The third kappa shape index (κ3) is 3.45. The summed E-state index contributed by atoms with van der Waals surface area (Å²) in [6.07, 6.45) is 4.32. The predicted octanol–water partition coefficient (Wildman–Crippen LogP) is 1.91. The van der Waals surface area contributed by atoms with Gasteiger partial charge in [-0.25, -0.2) is 0 Å². The molecule has 1 aromatic carbocycles. The van der Waals surface area contributed by atoms with Gasteiger partial charge in [0.05, 0.1) is 0 Å². The Labute approximate surface area is 103 Å². The number of nitrogens with one attached hydrogen (secondary N) is 2. The fourth-order valence-corrected chi connectivity index (χ4v) is 2.32. The molecule has 3 heteroatoms. The largest absolute Gasteiger partial charge is 0.396 e. The molecule has 94 valence electrons. The lowest BCUT2D eigenvalue weighted by Crippen LogP contribution is -2.15. The van der Waals surface area contributed by atoms with Crippen molar-refractivity contribution < 1.29 is 5.11 Å². The minimum Gasteiger partial charge on any atom is -0.396 e. The maximum atomic E-state index is 8.68. The summed E-state index contributed by atoms with van der Waals surface area (Å²) in [4.78, 5) is 0. The van der Waals surface area contributed by atoms with Gasteiger partial charge in [0.2, 0.25) is 0 Å². The quantitative estimate of drug-likeness (QED) is 0.631. The lowest BCUT2D eigenvalue weighted by molar-refractivity contribution is 0.283. The highest BCUT2D eigenvalue weighted by atomic mass is 16.2. The van der Waals surface area contributed by atoms with E-state index in [0.717, 1.165) is 45.3 Å². The van der Waals surface area contributed by atoms with E-state index in [9.17, 15) is 0 Å². The number of hydrogen-bond acceptors (Lipinski definition) is 3. The molecule has 3 N–H and O–H groups in total. The van der Waals surface area contributed by atoms with Crippen LogP contribution in [0.15, 0.2) is 18.2 Å². The molecule has 0 saturated heterocycles. The van der Waals surface area contributed by atoms with Gasteiger partial charge in [0, 0.05) is 25.4 Å². The highest BCUT2D eigenvalue weighted by Gasteiger charge is 2.12. The topological polar surface area (TPSA) is 44.3 Å². The van der Waals surface area contributed by atoms with Gasteiger partial charge < -0.3 is 15.7 Å². The molecule has 0 spiro atoms. The van der Waals surface area contributed by atoms with Crippen LogP contribution in [0.5, 0.6) is 0 Å². The second-order valence-electron chi connectivity index (χ2n) is 4.59. The molecule has 0 unspecified atom stereocenters. The third-order valence-corrected chi connectivity index (χ3v) is 3.26.